The molecule has 1 atom stereocenters. The number of nitrogens with one attached hydrogen (secondary N) is 1. The Hall–Kier alpha value is -1.11. The van der Waals surface area contributed by atoms with E-state index in [2.05, 4.69) is 4.72 Å². The molecule has 0 aliphatic heterocycles. The van der Waals surface area contributed by atoms with Crippen LogP contribution in [0.2, 0.25) is 0 Å². The minimum Gasteiger partial charge on any atom is -0.384 e. The zero-order chi connectivity index (χ0) is 12.4. The van der Waals surface area contributed by atoms with Crippen LogP contribution in [0.4, 0.5) is 5.69 Å². The Bertz CT molecular complexity index is 451. The molecule has 0 aliphatic carbocycles. The maximum absolute atomic E-state index is 11.0. The minimum atomic E-state index is -3.27. The fraction of sp³-hybridized carbons (Fsp3) is 0.400. The molecule has 4 N–H and O–H groups in total. The molecular weight excluding hydrogens is 228 g/mol. The van der Waals surface area contributed by atoms with Crippen LogP contribution in [0.3, 0.4) is 0 Å². The summed E-state index contributed by atoms with van der Waals surface area (Å²) in [7, 11) is -3.27. The van der Waals surface area contributed by atoms with Crippen molar-refractivity contribution < 1.29 is 13.5 Å². The average Bonchev–Trinajstić information content (AvgIpc) is 2.16. The van der Waals surface area contributed by atoms with Crippen LogP contribution in [-0.4, -0.2) is 26.3 Å². The predicted octanol–water partition coefficient (Wildman–Crippen LogP) is 0.224. The molecule has 0 radical (unpaired) electrons. The molecule has 0 aromatic heterocycles. The van der Waals surface area contributed by atoms with Crippen LogP contribution < -0.4 is 10.5 Å². The van der Waals surface area contributed by atoms with Gasteiger partial charge in [-0.3, -0.25) is 4.72 Å². The summed E-state index contributed by atoms with van der Waals surface area (Å²) in [4.78, 5) is 0. The van der Waals surface area contributed by atoms with Gasteiger partial charge in [0.2, 0.25) is 10.0 Å². The lowest BCUT2D eigenvalue weighted by Gasteiger charge is -2.21. The maximum Gasteiger partial charge on any atom is 0.229 e. The first-order chi connectivity index (χ1) is 7.24. The van der Waals surface area contributed by atoms with Gasteiger partial charge in [0.15, 0.2) is 0 Å². The van der Waals surface area contributed by atoms with Gasteiger partial charge < -0.3 is 10.8 Å². The van der Waals surface area contributed by atoms with Gasteiger partial charge in [0, 0.05) is 12.2 Å². The molecule has 0 bridgehead atoms. The Morgan fingerprint density at radius 2 is 1.88 bits per heavy atom. The zero-order valence-corrected chi connectivity index (χ0v) is 10.1. The largest absolute Gasteiger partial charge is 0.384 e. The molecule has 6 heteroatoms. The molecule has 1 aromatic carbocycles. The highest BCUT2D eigenvalue weighted by Crippen LogP contribution is 2.21. The van der Waals surface area contributed by atoms with Crippen molar-refractivity contribution in [2.24, 2.45) is 5.73 Å². The minimum absolute atomic E-state index is 0.103. The zero-order valence-electron chi connectivity index (χ0n) is 9.27. The van der Waals surface area contributed by atoms with Gasteiger partial charge in [-0.2, -0.15) is 0 Å². The van der Waals surface area contributed by atoms with E-state index in [9.17, 15) is 13.5 Å². The summed E-state index contributed by atoms with van der Waals surface area (Å²) in [5, 5.41) is 9.85. The summed E-state index contributed by atoms with van der Waals surface area (Å²) < 4.78 is 24.3. The van der Waals surface area contributed by atoms with Crippen molar-refractivity contribution in [3.63, 3.8) is 0 Å². The van der Waals surface area contributed by atoms with Crippen LogP contribution in [0.1, 0.15) is 12.5 Å². The van der Waals surface area contributed by atoms with Crippen molar-refractivity contribution in [3.8, 4) is 0 Å². The lowest BCUT2D eigenvalue weighted by molar-refractivity contribution is 0.0668. The summed E-state index contributed by atoms with van der Waals surface area (Å²) in [6.45, 7) is 1.71. The fourth-order valence-corrected chi connectivity index (χ4v) is 1.79. The summed E-state index contributed by atoms with van der Waals surface area (Å²) in [6, 6.07) is 6.45. The SMILES string of the molecule is CC(O)(CN)c1ccc(NS(C)(=O)=O)cc1. The van der Waals surface area contributed by atoms with Gasteiger partial charge >= 0.3 is 0 Å². The second kappa shape index (κ2) is 4.40. The molecule has 16 heavy (non-hydrogen) atoms. The van der Waals surface area contributed by atoms with Crippen LogP contribution in [0.15, 0.2) is 24.3 Å². The Labute approximate surface area is 95.3 Å². The number of hydrogen-bond acceptors (Lipinski definition) is 4. The average molecular weight is 244 g/mol. The van der Waals surface area contributed by atoms with E-state index in [1.54, 1.807) is 31.2 Å². The van der Waals surface area contributed by atoms with Gasteiger partial charge in [-0.15, -0.1) is 0 Å². The number of aliphatic hydroxyl groups is 1. The summed E-state index contributed by atoms with van der Waals surface area (Å²) in [5.41, 5.74) is 5.43. The predicted molar refractivity (Wildman–Crippen MR) is 63.5 cm³/mol. The molecule has 0 saturated carbocycles. The number of rotatable bonds is 4. The van der Waals surface area contributed by atoms with Gasteiger partial charge in [0.1, 0.15) is 0 Å². The summed E-state index contributed by atoms with van der Waals surface area (Å²) >= 11 is 0. The van der Waals surface area contributed by atoms with Gasteiger partial charge in [-0.05, 0) is 24.6 Å². The quantitative estimate of drug-likeness (QED) is 0.706. The van der Waals surface area contributed by atoms with E-state index < -0.39 is 15.6 Å². The topological polar surface area (TPSA) is 92.4 Å². The molecule has 0 spiro atoms. The first-order valence-electron chi connectivity index (χ1n) is 4.75. The van der Waals surface area contributed by atoms with E-state index in [1.165, 1.54) is 0 Å². The van der Waals surface area contributed by atoms with Gasteiger partial charge in [0.25, 0.3) is 0 Å². The molecular formula is C10H16N2O3S. The molecule has 0 amide bonds. The lowest BCUT2D eigenvalue weighted by Crippen LogP contribution is -2.31. The molecule has 1 unspecified atom stereocenters. The number of benzene rings is 1. The second-order valence-corrected chi connectivity index (χ2v) is 5.68. The van der Waals surface area contributed by atoms with Gasteiger partial charge in [0.05, 0.1) is 11.9 Å². The third kappa shape index (κ3) is 3.48. The third-order valence-corrected chi connectivity index (χ3v) is 2.81. The third-order valence-electron chi connectivity index (χ3n) is 2.21. The first kappa shape index (κ1) is 13.0. The summed E-state index contributed by atoms with van der Waals surface area (Å²) in [5.74, 6) is 0. The van der Waals surface area contributed by atoms with E-state index in [0.29, 0.717) is 11.3 Å². The highest BCUT2D eigenvalue weighted by atomic mass is 32.2. The van der Waals surface area contributed by atoms with E-state index in [-0.39, 0.29) is 6.54 Å². The van der Waals surface area contributed by atoms with E-state index in [4.69, 9.17) is 5.73 Å². The van der Waals surface area contributed by atoms with Crippen molar-refractivity contribution in [1.29, 1.82) is 0 Å². The highest BCUT2D eigenvalue weighted by molar-refractivity contribution is 7.92. The van der Waals surface area contributed by atoms with E-state index in [0.717, 1.165) is 6.26 Å². The maximum atomic E-state index is 11.0. The van der Waals surface area contributed by atoms with Crippen molar-refractivity contribution >= 4 is 15.7 Å². The van der Waals surface area contributed by atoms with Crippen LogP contribution >= 0.6 is 0 Å². The fourth-order valence-electron chi connectivity index (χ4n) is 1.23. The van der Waals surface area contributed by atoms with Crippen LogP contribution in [0.25, 0.3) is 0 Å². The van der Waals surface area contributed by atoms with Crippen molar-refractivity contribution in [2.75, 3.05) is 17.5 Å². The lowest BCUT2D eigenvalue weighted by atomic mass is 9.96. The van der Waals surface area contributed by atoms with Crippen LogP contribution in [0.5, 0.6) is 0 Å². The Balaban J connectivity index is 2.92. The number of hydrogen-bond donors (Lipinski definition) is 3. The molecule has 90 valence electrons. The molecule has 0 fully saturated rings. The number of anilines is 1. The Morgan fingerprint density at radius 3 is 2.25 bits per heavy atom. The first-order valence-corrected chi connectivity index (χ1v) is 6.64. The van der Waals surface area contributed by atoms with Gasteiger partial charge in [-0.1, -0.05) is 12.1 Å². The Morgan fingerprint density at radius 1 is 1.38 bits per heavy atom. The van der Waals surface area contributed by atoms with E-state index >= 15 is 0 Å². The van der Waals surface area contributed by atoms with Crippen molar-refractivity contribution in [2.45, 2.75) is 12.5 Å². The standard InChI is InChI=1S/C10H16N2O3S/c1-10(13,7-11)8-3-5-9(6-4-8)12-16(2,14)15/h3-6,12-13H,7,11H2,1-2H3. The highest BCUT2D eigenvalue weighted by Gasteiger charge is 2.20. The number of nitrogens with two attached hydrogens (primary N) is 1. The smallest absolute Gasteiger partial charge is 0.229 e. The molecule has 5 nitrogen and oxygen atoms in total. The summed E-state index contributed by atoms with van der Waals surface area (Å²) in [6.07, 6.45) is 1.08. The number of sulfonamides is 1. The molecule has 0 saturated heterocycles. The molecule has 0 aliphatic rings. The van der Waals surface area contributed by atoms with Gasteiger partial charge in [-0.25, -0.2) is 8.42 Å². The van der Waals surface area contributed by atoms with Crippen LogP contribution in [-0.2, 0) is 15.6 Å². The van der Waals surface area contributed by atoms with E-state index in [1.807, 2.05) is 0 Å². The molecule has 1 rings (SSSR count). The van der Waals surface area contributed by atoms with Crippen molar-refractivity contribution in [3.05, 3.63) is 29.8 Å². The monoisotopic (exact) mass is 244 g/mol. The molecule has 0 heterocycles. The Kier molecular flexibility index (Phi) is 3.57. The molecule has 1 aromatic rings. The van der Waals surface area contributed by atoms with Crippen molar-refractivity contribution in [1.82, 2.24) is 0 Å². The van der Waals surface area contributed by atoms with Crippen LogP contribution in [0, 0.1) is 0 Å². The normalized spacial score (nSPS) is 15.5. The second-order valence-electron chi connectivity index (χ2n) is 3.93.